The number of rotatable bonds is 6. The third kappa shape index (κ3) is 4.34. The van der Waals surface area contributed by atoms with Gasteiger partial charge in [0.25, 0.3) is 0 Å². The van der Waals surface area contributed by atoms with Crippen LogP contribution in [0.4, 0.5) is 11.4 Å². The van der Waals surface area contributed by atoms with E-state index in [0.29, 0.717) is 30.1 Å². The predicted octanol–water partition coefficient (Wildman–Crippen LogP) is 3.49. The van der Waals surface area contributed by atoms with Crippen molar-refractivity contribution in [2.24, 2.45) is 11.7 Å². The van der Waals surface area contributed by atoms with Gasteiger partial charge in [0.1, 0.15) is 5.75 Å². The van der Waals surface area contributed by atoms with Crippen molar-refractivity contribution in [1.29, 1.82) is 0 Å². The normalized spacial score (nSPS) is 16.4. The van der Waals surface area contributed by atoms with Crippen molar-refractivity contribution in [2.75, 3.05) is 23.9 Å². The summed E-state index contributed by atoms with van der Waals surface area (Å²) in [5.74, 6) is 0.108. The summed E-state index contributed by atoms with van der Waals surface area (Å²) in [6.07, 6.45) is 2.39. The third-order valence-electron chi connectivity index (χ3n) is 5.20. The molecule has 1 fully saturated rings. The van der Waals surface area contributed by atoms with Gasteiger partial charge in [-0.25, -0.2) is 0 Å². The van der Waals surface area contributed by atoms with Crippen molar-refractivity contribution in [3.8, 4) is 5.75 Å². The van der Waals surface area contributed by atoms with Gasteiger partial charge >= 0.3 is 0 Å². The maximum Gasteiger partial charge on any atom is 0.229 e. The van der Waals surface area contributed by atoms with E-state index in [-0.39, 0.29) is 11.8 Å². The van der Waals surface area contributed by atoms with E-state index < -0.39 is 12.0 Å². The van der Waals surface area contributed by atoms with Crippen LogP contribution in [-0.2, 0) is 9.59 Å². The molecule has 0 aliphatic carbocycles. The fourth-order valence-corrected chi connectivity index (χ4v) is 3.42. The minimum atomic E-state index is -0.412. The lowest BCUT2D eigenvalue weighted by molar-refractivity contribution is -0.120. The van der Waals surface area contributed by atoms with E-state index in [2.05, 4.69) is 5.32 Å². The van der Waals surface area contributed by atoms with Gasteiger partial charge in [0.2, 0.25) is 11.8 Å². The van der Waals surface area contributed by atoms with Crippen LogP contribution in [0.1, 0.15) is 37.8 Å². The molecule has 0 radical (unpaired) electrons. The maximum absolute atomic E-state index is 12.7. The van der Waals surface area contributed by atoms with Crippen molar-refractivity contribution in [3.63, 3.8) is 0 Å². The number of methoxy groups -OCH3 is 1. The molecule has 2 unspecified atom stereocenters. The van der Waals surface area contributed by atoms with Crippen LogP contribution >= 0.6 is 0 Å². The molecule has 1 saturated heterocycles. The highest BCUT2D eigenvalue weighted by Gasteiger charge is 2.25. The molecule has 0 spiro atoms. The second-order valence-electron chi connectivity index (χ2n) is 7.10. The second kappa shape index (κ2) is 8.89. The van der Waals surface area contributed by atoms with Gasteiger partial charge in [0.05, 0.1) is 18.7 Å². The fourth-order valence-electron chi connectivity index (χ4n) is 3.42. The van der Waals surface area contributed by atoms with Crippen LogP contribution in [0, 0.1) is 5.92 Å². The minimum Gasteiger partial charge on any atom is -0.495 e. The highest BCUT2D eigenvalue weighted by molar-refractivity contribution is 5.98. The Labute approximate surface area is 165 Å². The molecule has 1 heterocycles. The van der Waals surface area contributed by atoms with Crippen molar-refractivity contribution < 1.29 is 14.3 Å². The summed E-state index contributed by atoms with van der Waals surface area (Å²) in [4.78, 5) is 26.8. The summed E-state index contributed by atoms with van der Waals surface area (Å²) < 4.78 is 5.42. The van der Waals surface area contributed by atoms with E-state index in [4.69, 9.17) is 10.5 Å². The molecule has 2 atom stereocenters. The van der Waals surface area contributed by atoms with Gasteiger partial charge in [-0.2, -0.15) is 0 Å². The average molecular weight is 381 g/mol. The fraction of sp³-hybridized carbons (Fsp3) is 0.364. The third-order valence-corrected chi connectivity index (χ3v) is 5.20. The van der Waals surface area contributed by atoms with Crippen LogP contribution in [0.2, 0.25) is 0 Å². The van der Waals surface area contributed by atoms with Gasteiger partial charge in [-0.3, -0.25) is 9.59 Å². The number of nitrogens with one attached hydrogen (secondary N) is 1. The van der Waals surface area contributed by atoms with Crippen LogP contribution in [-0.4, -0.2) is 25.5 Å². The molecular weight excluding hydrogens is 354 g/mol. The van der Waals surface area contributed by atoms with E-state index in [9.17, 15) is 9.59 Å². The zero-order valence-electron chi connectivity index (χ0n) is 16.4. The number of nitrogens with two attached hydrogens (primary N) is 1. The number of piperidine rings is 1. The van der Waals surface area contributed by atoms with Gasteiger partial charge in [-0.15, -0.1) is 0 Å². The number of carbonyl (C=O) groups is 2. The lowest BCUT2D eigenvalue weighted by atomic mass is 9.94. The van der Waals surface area contributed by atoms with Crippen LogP contribution in [0.5, 0.6) is 5.75 Å². The molecule has 0 saturated carbocycles. The van der Waals surface area contributed by atoms with E-state index in [0.717, 1.165) is 18.4 Å². The Morgan fingerprint density at radius 2 is 1.93 bits per heavy atom. The lowest BCUT2D eigenvalue weighted by Crippen LogP contribution is -2.35. The molecule has 148 valence electrons. The molecular formula is C22H27N3O3. The molecule has 0 aromatic heterocycles. The number of ether oxygens (including phenoxy) is 1. The van der Waals surface area contributed by atoms with Crippen molar-refractivity contribution in [2.45, 2.75) is 32.2 Å². The molecule has 1 aliphatic rings. The summed E-state index contributed by atoms with van der Waals surface area (Å²) in [5.41, 5.74) is 8.49. The Hall–Kier alpha value is -2.86. The lowest BCUT2D eigenvalue weighted by Gasteiger charge is -2.28. The van der Waals surface area contributed by atoms with Crippen LogP contribution in [0.25, 0.3) is 0 Å². The summed E-state index contributed by atoms with van der Waals surface area (Å²) in [6, 6.07) is 14.5. The Kier molecular flexibility index (Phi) is 6.31. The maximum atomic E-state index is 12.7. The van der Waals surface area contributed by atoms with E-state index in [1.54, 1.807) is 30.2 Å². The monoisotopic (exact) mass is 381 g/mol. The average Bonchev–Trinajstić information content (AvgIpc) is 2.73. The molecule has 28 heavy (non-hydrogen) atoms. The van der Waals surface area contributed by atoms with Crippen molar-refractivity contribution >= 4 is 23.2 Å². The summed E-state index contributed by atoms with van der Waals surface area (Å²) in [7, 11) is 1.58. The standard InChI is InChI=1S/C22H27N3O3/c1-15(21(23)16-8-4-3-5-9-16)22(27)24-17-11-12-19(28-2)18(14-17)25-13-7-6-10-20(25)26/h3-5,8-9,11-12,14-15,21H,6-7,10,13,23H2,1-2H3,(H,24,27). The van der Waals surface area contributed by atoms with Gasteiger partial charge < -0.3 is 20.7 Å². The number of carbonyl (C=O) groups excluding carboxylic acids is 2. The van der Waals surface area contributed by atoms with Gasteiger partial charge in [-0.05, 0) is 36.6 Å². The number of amides is 2. The number of hydrogen-bond donors (Lipinski definition) is 2. The Bertz CT molecular complexity index is 838. The van der Waals surface area contributed by atoms with Gasteiger partial charge in [-0.1, -0.05) is 37.3 Å². The molecule has 0 bridgehead atoms. The van der Waals surface area contributed by atoms with Crippen molar-refractivity contribution in [3.05, 3.63) is 54.1 Å². The highest BCUT2D eigenvalue weighted by atomic mass is 16.5. The van der Waals surface area contributed by atoms with E-state index in [1.807, 2.05) is 37.3 Å². The Morgan fingerprint density at radius 3 is 2.61 bits per heavy atom. The smallest absolute Gasteiger partial charge is 0.229 e. The van der Waals surface area contributed by atoms with Crippen molar-refractivity contribution in [1.82, 2.24) is 0 Å². The van der Waals surface area contributed by atoms with Crippen LogP contribution in [0.15, 0.2) is 48.5 Å². The first kappa shape index (κ1) is 19.9. The quantitative estimate of drug-likeness (QED) is 0.802. The summed E-state index contributed by atoms with van der Waals surface area (Å²) >= 11 is 0. The first-order valence-corrected chi connectivity index (χ1v) is 9.61. The zero-order chi connectivity index (χ0) is 20.1. The predicted molar refractivity (Wildman–Crippen MR) is 110 cm³/mol. The molecule has 1 aliphatic heterocycles. The SMILES string of the molecule is COc1ccc(NC(=O)C(C)C(N)c2ccccc2)cc1N1CCCCC1=O. The number of anilines is 2. The number of hydrogen-bond acceptors (Lipinski definition) is 4. The Balaban J connectivity index is 1.77. The Morgan fingerprint density at radius 1 is 1.18 bits per heavy atom. The second-order valence-corrected chi connectivity index (χ2v) is 7.10. The number of nitrogens with zero attached hydrogens (tertiary/aromatic N) is 1. The number of benzene rings is 2. The molecule has 3 rings (SSSR count). The molecule has 6 nitrogen and oxygen atoms in total. The topological polar surface area (TPSA) is 84.7 Å². The minimum absolute atomic E-state index is 0.0764. The first-order chi connectivity index (χ1) is 13.5. The summed E-state index contributed by atoms with van der Waals surface area (Å²) in [6.45, 7) is 2.47. The van der Waals surface area contributed by atoms with E-state index >= 15 is 0 Å². The van der Waals surface area contributed by atoms with Crippen LogP contribution < -0.4 is 20.7 Å². The largest absolute Gasteiger partial charge is 0.495 e. The van der Waals surface area contributed by atoms with Gasteiger partial charge in [0, 0.05) is 24.7 Å². The highest BCUT2D eigenvalue weighted by Crippen LogP contribution is 2.34. The first-order valence-electron chi connectivity index (χ1n) is 9.61. The summed E-state index contributed by atoms with van der Waals surface area (Å²) in [5, 5.41) is 2.93. The molecule has 6 heteroatoms. The molecule has 3 N–H and O–H groups in total. The molecule has 2 aromatic carbocycles. The van der Waals surface area contributed by atoms with Crippen LogP contribution in [0.3, 0.4) is 0 Å². The zero-order valence-corrected chi connectivity index (χ0v) is 16.4. The molecule has 2 aromatic rings. The van der Waals surface area contributed by atoms with E-state index in [1.165, 1.54) is 0 Å². The van der Waals surface area contributed by atoms with Gasteiger partial charge in [0.15, 0.2) is 0 Å². The molecule has 2 amide bonds.